The fourth-order valence-corrected chi connectivity index (χ4v) is 31.4. The maximum atomic E-state index is 2.46. The van der Waals surface area contributed by atoms with Gasteiger partial charge in [-0.25, -0.2) is 0 Å². The van der Waals surface area contributed by atoms with Crippen molar-refractivity contribution in [2.45, 2.75) is 37.0 Å². The molecule has 434 valence electrons. The summed E-state index contributed by atoms with van der Waals surface area (Å²) in [6.07, 6.45) is 0. The molecule has 8 heteroatoms. The van der Waals surface area contributed by atoms with E-state index in [1.54, 1.807) is 0 Å². The van der Waals surface area contributed by atoms with Crippen molar-refractivity contribution in [1.82, 2.24) is 0 Å². The van der Waals surface area contributed by atoms with E-state index < -0.39 is 47.5 Å². The first-order chi connectivity index (χ1) is 41.5. The van der Waals surface area contributed by atoms with Gasteiger partial charge >= 0.3 is 34.1 Å². The minimum atomic E-state index is -0.470. The van der Waals surface area contributed by atoms with Gasteiger partial charge in [0.15, 0.2) is 0 Å². The monoisotopic (exact) mass is 1320 g/mol. The minimum absolute atomic E-state index is 0. The summed E-state index contributed by atoms with van der Waals surface area (Å²) in [6, 6.07) is 133. The van der Waals surface area contributed by atoms with Gasteiger partial charge < -0.3 is 0 Å². The quantitative estimate of drug-likeness (QED) is 0.0593. The van der Waals surface area contributed by atoms with Crippen LogP contribution in [0.4, 0.5) is 0 Å². The number of hydrogen-bond acceptors (Lipinski definition) is 0. The van der Waals surface area contributed by atoms with E-state index >= 15 is 0 Å². The Bertz CT molecular complexity index is 2840. The van der Waals surface area contributed by atoms with Crippen LogP contribution in [0.3, 0.4) is 0 Å². The molecule has 0 fully saturated rings. The van der Waals surface area contributed by atoms with Gasteiger partial charge in [-0.3, -0.25) is 0 Å². The molecule has 0 bridgehead atoms. The molecule has 0 amide bonds. The van der Waals surface area contributed by atoms with Crippen LogP contribution < -0.4 is 63.7 Å². The van der Waals surface area contributed by atoms with Crippen molar-refractivity contribution in [3.8, 4) is 0 Å². The van der Waals surface area contributed by atoms with Crippen LogP contribution in [0.25, 0.3) is 0 Å². The van der Waals surface area contributed by atoms with E-state index in [4.69, 9.17) is 0 Å². The molecule has 0 spiro atoms. The van der Waals surface area contributed by atoms with E-state index in [9.17, 15) is 0 Å². The Morgan fingerprint density at radius 1 is 0.140 bits per heavy atom. The van der Waals surface area contributed by atoms with Crippen molar-refractivity contribution in [2.24, 2.45) is 0 Å². The molecule has 0 N–H and O–H groups in total. The first-order valence-electron chi connectivity index (χ1n) is 28.9. The van der Waals surface area contributed by atoms with E-state index in [0.29, 0.717) is 16.2 Å². The molecule has 0 saturated heterocycles. The van der Waals surface area contributed by atoms with Crippen LogP contribution in [0.15, 0.2) is 364 Å². The van der Waals surface area contributed by atoms with Crippen LogP contribution in [0.1, 0.15) is 20.8 Å². The molecule has 0 radical (unpaired) electrons. The smallest absolute Gasteiger partial charge is 0.0622 e. The van der Waals surface area contributed by atoms with Gasteiger partial charge in [0, 0.05) is 16.2 Å². The number of rotatable bonds is 18. The fourth-order valence-electron chi connectivity index (χ4n) is 10.9. The van der Waals surface area contributed by atoms with E-state index in [1.807, 2.05) is 0 Å². The van der Waals surface area contributed by atoms with Gasteiger partial charge in [0.1, 0.15) is 0 Å². The molecule has 0 aliphatic heterocycles. The summed E-state index contributed by atoms with van der Waals surface area (Å²) in [4.78, 5) is 0. The predicted octanol–water partition coefficient (Wildman–Crippen LogP) is 16.8. The van der Waals surface area contributed by atoms with E-state index in [0.717, 1.165) is 0 Å². The summed E-state index contributed by atoms with van der Waals surface area (Å²) in [7, 11) is -2.82. The first kappa shape index (κ1) is 66.2. The average Bonchev–Trinajstić information content (AvgIpc) is 2.91. The molecule has 0 aliphatic carbocycles. The molecule has 12 aromatic carbocycles. The van der Waals surface area contributed by atoms with Crippen LogP contribution in [-0.2, 0) is 34.1 Å². The summed E-state index contributed by atoms with van der Waals surface area (Å²) in [5, 5.41) is 19.0. The largest absolute Gasteiger partial charge is 1.00 e. The van der Waals surface area contributed by atoms with Crippen molar-refractivity contribution in [3.63, 3.8) is 0 Å². The van der Waals surface area contributed by atoms with Crippen molar-refractivity contribution < 1.29 is 34.1 Å². The van der Waals surface area contributed by atoms with Crippen molar-refractivity contribution in [1.29, 1.82) is 0 Å². The third kappa shape index (κ3) is 17.7. The van der Waals surface area contributed by atoms with Gasteiger partial charge in [-0.05, 0) is 111 Å². The van der Waals surface area contributed by atoms with Gasteiger partial charge in [0.25, 0.3) is 0 Å². The molecule has 0 saturated carbocycles. The van der Waals surface area contributed by atoms with Crippen molar-refractivity contribution in [3.05, 3.63) is 364 Å². The molecular formula is C78H72Cu2P6+2. The number of hydrogen-bond donors (Lipinski definition) is 0. The molecule has 0 nitrogen and oxygen atoms in total. The first-order valence-corrected chi connectivity index (χ1v) is 37.4. The van der Waals surface area contributed by atoms with E-state index in [2.05, 4.69) is 385 Å². The normalized spacial score (nSPS) is 11.0. The standard InChI is InChI=1S/3C26H24P2.2Cu/c3*1-22(27(23-14-6-2-7-15-23)24-16-8-3-9-17-24)28(25-18-10-4-11-19-25)26-20-12-5-13-21-26;;/h3*2-22H,1H3;;/q;;;2*+1. The topological polar surface area (TPSA) is 0 Å². The van der Waals surface area contributed by atoms with Crippen molar-refractivity contribution in [2.75, 3.05) is 0 Å². The van der Waals surface area contributed by atoms with E-state index in [-0.39, 0.29) is 34.1 Å². The Labute approximate surface area is 541 Å². The van der Waals surface area contributed by atoms with Gasteiger partial charge in [-0.15, -0.1) is 0 Å². The van der Waals surface area contributed by atoms with Gasteiger partial charge in [-0.1, -0.05) is 385 Å². The van der Waals surface area contributed by atoms with Crippen LogP contribution in [0.5, 0.6) is 0 Å². The Balaban J connectivity index is 0.000000166. The minimum Gasteiger partial charge on any atom is -0.0622 e. The van der Waals surface area contributed by atoms with Crippen LogP contribution in [-0.4, -0.2) is 16.2 Å². The Hall–Kier alpha value is -5.74. The molecule has 86 heavy (non-hydrogen) atoms. The molecular weight excluding hydrogens is 1250 g/mol. The molecule has 0 aromatic heterocycles. The second-order valence-corrected chi connectivity index (χ2v) is 36.6. The molecule has 0 atom stereocenters. The van der Waals surface area contributed by atoms with Crippen LogP contribution in [0.2, 0.25) is 0 Å². The summed E-state index contributed by atoms with van der Waals surface area (Å²) >= 11 is 0. The maximum absolute atomic E-state index is 2.46. The Kier molecular flexibility index (Phi) is 27.2. The third-order valence-electron chi connectivity index (χ3n) is 14.7. The zero-order chi connectivity index (χ0) is 57.6. The fraction of sp³-hybridized carbons (Fsp3) is 0.0769. The molecule has 12 rings (SSSR count). The van der Waals surface area contributed by atoms with Crippen molar-refractivity contribution >= 4 is 111 Å². The second kappa shape index (κ2) is 35.3. The zero-order valence-electron chi connectivity index (χ0n) is 48.7. The summed E-state index contributed by atoms with van der Waals surface area (Å²) in [5.41, 5.74) is 0. The maximum Gasteiger partial charge on any atom is 1.00 e. The number of benzene rings is 12. The van der Waals surface area contributed by atoms with Gasteiger partial charge in [0.05, 0.1) is 0 Å². The van der Waals surface area contributed by atoms with Gasteiger partial charge in [-0.2, -0.15) is 0 Å². The van der Waals surface area contributed by atoms with Crippen LogP contribution >= 0.6 is 47.5 Å². The Morgan fingerprint density at radius 2 is 0.209 bits per heavy atom. The summed E-state index contributed by atoms with van der Waals surface area (Å²) in [6.45, 7) is 7.37. The average molecular weight is 1320 g/mol. The van der Waals surface area contributed by atoms with Gasteiger partial charge in [0.2, 0.25) is 0 Å². The third-order valence-corrected chi connectivity index (χ3v) is 33.5. The summed E-state index contributed by atoms with van der Waals surface area (Å²) in [5.74, 6) is 0. The Morgan fingerprint density at radius 3 is 0.279 bits per heavy atom. The second-order valence-electron chi connectivity index (χ2n) is 20.1. The summed E-state index contributed by atoms with van der Waals surface area (Å²) < 4.78 is 0. The molecule has 12 aromatic rings. The molecule has 0 heterocycles. The molecule has 0 unspecified atom stereocenters. The zero-order valence-corrected chi connectivity index (χ0v) is 55.9. The SMILES string of the molecule is CC(P(c1ccccc1)c1ccccc1)P(c1ccccc1)c1ccccc1.CC(P(c1ccccc1)c1ccccc1)P(c1ccccc1)c1ccccc1.CC(P(c1ccccc1)c1ccccc1)P(c1ccccc1)c1ccccc1.[Cu+].[Cu+]. The van der Waals surface area contributed by atoms with E-state index in [1.165, 1.54) is 63.7 Å². The molecule has 0 aliphatic rings. The van der Waals surface area contributed by atoms with Crippen LogP contribution in [0, 0.1) is 0 Å². The predicted molar refractivity (Wildman–Crippen MR) is 383 cm³/mol.